The van der Waals surface area contributed by atoms with Crippen LogP contribution in [0.3, 0.4) is 0 Å². The van der Waals surface area contributed by atoms with Crippen LogP contribution in [-0.4, -0.2) is 4.98 Å². The number of benzene rings is 2. The molecule has 3 rings (SSSR count). The van der Waals surface area contributed by atoms with Gasteiger partial charge in [0.1, 0.15) is 5.82 Å². The van der Waals surface area contributed by atoms with E-state index >= 15 is 0 Å². The van der Waals surface area contributed by atoms with Crippen molar-refractivity contribution in [3.63, 3.8) is 0 Å². The fraction of sp³-hybridized carbons (Fsp3) is 0. The number of hydrogen-bond donors (Lipinski definition) is 1. The lowest BCUT2D eigenvalue weighted by molar-refractivity contribution is 0.609. The highest BCUT2D eigenvalue weighted by atomic mass is 79.9. The maximum absolute atomic E-state index is 13.9. The van der Waals surface area contributed by atoms with Gasteiger partial charge in [-0.2, -0.15) is 0 Å². The molecule has 0 aliphatic rings. The lowest BCUT2D eigenvalue weighted by Gasteiger charge is -2.07. The first-order valence-corrected chi connectivity index (χ1v) is 6.63. The SMILES string of the molecule is O=c1cc(-c2ccccc2)[nH]c2c(F)cc(Br)c(F)c12. The Bertz CT molecular complexity index is 859. The van der Waals surface area contributed by atoms with Gasteiger partial charge in [0.2, 0.25) is 0 Å². The Morgan fingerprint density at radius 3 is 2.45 bits per heavy atom. The molecule has 0 saturated carbocycles. The monoisotopic (exact) mass is 335 g/mol. The summed E-state index contributed by atoms with van der Waals surface area (Å²) < 4.78 is 27.8. The van der Waals surface area contributed by atoms with Gasteiger partial charge >= 0.3 is 0 Å². The summed E-state index contributed by atoms with van der Waals surface area (Å²) in [6, 6.07) is 11.3. The molecule has 20 heavy (non-hydrogen) atoms. The van der Waals surface area contributed by atoms with Crippen LogP contribution in [0.2, 0.25) is 0 Å². The average molecular weight is 336 g/mol. The van der Waals surface area contributed by atoms with Crippen LogP contribution in [0.5, 0.6) is 0 Å². The molecule has 1 aromatic heterocycles. The summed E-state index contributed by atoms with van der Waals surface area (Å²) in [4.78, 5) is 14.8. The first kappa shape index (κ1) is 13.0. The van der Waals surface area contributed by atoms with Crippen LogP contribution in [0.4, 0.5) is 8.78 Å². The third-order valence-corrected chi connectivity index (χ3v) is 3.61. The Balaban J connectivity index is 2.39. The lowest BCUT2D eigenvalue weighted by Crippen LogP contribution is -2.07. The minimum atomic E-state index is -0.762. The van der Waals surface area contributed by atoms with Crippen LogP contribution in [-0.2, 0) is 0 Å². The van der Waals surface area contributed by atoms with Gasteiger partial charge in [-0.1, -0.05) is 30.3 Å². The summed E-state index contributed by atoms with van der Waals surface area (Å²) in [6.45, 7) is 0. The van der Waals surface area contributed by atoms with Gasteiger partial charge in [-0.25, -0.2) is 8.78 Å². The van der Waals surface area contributed by atoms with E-state index in [2.05, 4.69) is 20.9 Å². The summed E-state index contributed by atoms with van der Waals surface area (Å²) in [7, 11) is 0. The predicted molar refractivity (Wildman–Crippen MR) is 77.6 cm³/mol. The van der Waals surface area contributed by atoms with Gasteiger partial charge in [-0.05, 0) is 27.6 Å². The second kappa shape index (κ2) is 4.83. The van der Waals surface area contributed by atoms with Crippen LogP contribution >= 0.6 is 15.9 Å². The van der Waals surface area contributed by atoms with Crippen LogP contribution in [0, 0.1) is 11.6 Å². The molecular formula is C15H8BrF2NO. The van der Waals surface area contributed by atoms with Gasteiger partial charge in [-0.15, -0.1) is 0 Å². The van der Waals surface area contributed by atoms with Gasteiger partial charge in [0.25, 0.3) is 0 Å². The van der Waals surface area contributed by atoms with Gasteiger partial charge < -0.3 is 4.98 Å². The van der Waals surface area contributed by atoms with Gasteiger partial charge in [0.05, 0.1) is 15.4 Å². The number of aromatic nitrogens is 1. The Kier molecular flexibility index (Phi) is 3.14. The number of aromatic amines is 1. The van der Waals surface area contributed by atoms with E-state index in [0.717, 1.165) is 11.6 Å². The summed E-state index contributed by atoms with van der Waals surface area (Å²) in [5, 5.41) is -0.281. The molecule has 2 nitrogen and oxygen atoms in total. The highest BCUT2D eigenvalue weighted by molar-refractivity contribution is 9.10. The standard InChI is InChI=1S/C15H8BrF2NO/c16-9-6-10(17)15-13(14(9)18)12(20)7-11(19-15)8-4-2-1-3-5-8/h1-7H,(H,19,20). The van der Waals surface area contributed by atoms with Crippen LogP contribution in [0.1, 0.15) is 0 Å². The minimum Gasteiger partial charge on any atom is -0.352 e. The molecule has 1 N–H and O–H groups in total. The second-order valence-electron chi connectivity index (χ2n) is 4.32. The molecule has 0 bridgehead atoms. The van der Waals surface area contributed by atoms with Gasteiger partial charge in [0, 0.05) is 11.8 Å². The molecule has 0 saturated heterocycles. The van der Waals surface area contributed by atoms with Gasteiger partial charge in [0.15, 0.2) is 11.2 Å². The molecule has 0 spiro atoms. The Hall–Kier alpha value is -2.01. The number of fused-ring (bicyclic) bond motifs is 1. The molecule has 0 amide bonds. The summed E-state index contributed by atoms with van der Waals surface area (Å²) >= 11 is 2.90. The lowest BCUT2D eigenvalue weighted by atomic mass is 10.1. The zero-order valence-corrected chi connectivity index (χ0v) is 11.7. The summed E-state index contributed by atoms with van der Waals surface area (Å²) in [5.41, 5.74) is 0.491. The highest BCUT2D eigenvalue weighted by Crippen LogP contribution is 2.26. The third kappa shape index (κ3) is 2.04. The maximum atomic E-state index is 13.9. The quantitative estimate of drug-likeness (QED) is 0.663. The van der Waals surface area contributed by atoms with E-state index in [1.165, 1.54) is 6.07 Å². The van der Waals surface area contributed by atoms with Crippen molar-refractivity contribution in [2.24, 2.45) is 0 Å². The number of hydrogen-bond acceptors (Lipinski definition) is 1. The second-order valence-corrected chi connectivity index (χ2v) is 5.17. The van der Waals surface area contributed by atoms with E-state index < -0.39 is 17.1 Å². The molecule has 1 heterocycles. The predicted octanol–water partition coefficient (Wildman–Crippen LogP) is 4.24. The van der Waals surface area contributed by atoms with E-state index in [0.29, 0.717) is 5.69 Å². The van der Waals surface area contributed by atoms with Crippen molar-refractivity contribution in [1.29, 1.82) is 0 Å². The van der Waals surface area contributed by atoms with Crippen molar-refractivity contribution >= 4 is 26.8 Å². The topological polar surface area (TPSA) is 32.9 Å². The largest absolute Gasteiger partial charge is 0.352 e. The Labute approximate surface area is 121 Å². The van der Waals surface area contributed by atoms with E-state index in [-0.39, 0.29) is 15.4 Å². The molecule has 0 fully saturated rings. The maximum Gasteiger partial charge on any atom is 0.193 e. The minimum absolute atomic E-state index is 0.0690. The van der Waals surface area contributed by atoms with Crippen molar-refractivity contribution in [2.75, 3.05) is 0 Å². The van der Waals surface area contributed by atoms with Crippen molar-refractivity contribution in [1.82, 2.24) is 4.98 Å². The summed E-state index contributed by atoms with van der Waals surface area (Å²) in [5.74, 6) is -1.44. The van der Waals surface area contributed by atoms with Crippen molar-refractivity contribution < 1.29 is 8.78 Å². The molecule has 0 aliphatic heterocycles. The molecular weight excluding hydrogens is 328 g/mol. The molecule has 0 unspecified atom stereocenters. The molecule has 3 aromatic rings. The number of H-pyrrole nitrogens is 1. The fourth-order valence-electron chi connectivity index (χ4n) is 2.10. The van der Waals surface area contributed by atoms with Crippen molar-refractivity contribution in [3.8, 4) is 11.3 Å². The Morgan fingerprint density at radius 2 is 1.75 bits per heavy atom. The fourth-order valence-corrected chi connectivity index (χ4v) is 2.50. The first-order valence-electron chi connectivity index (χ1n) is 5.84. The normalized spacial score (nSPS) is 10.9. The summed E-state index contributed by atoms with van der Waals surface area (Å²) in [6.07, 6.45) is 0. The number of halogens is 3. The van der Waals surface area contributed by atoms with Crippen LogP contribution in [0.25, 0.3) is 22.2 Å². The van der Waals surface area contributed by atoms with Gasteiger partial charge in [-0.3, -0.25) is 4.79 Å². The molecule has 0 atom stereocenters. The average Bonchev–Trinajstić information content (AvgIpc) is 2.45. The molecule has 100 valence electrons. The smallest absolute Gasteiger partial charge is 0.193 e. The van der Waals surface area contributed by atoms with Crippen LogP contribution < -0.4 is 5.43 Å². The van der Waals surface area contributed by atoms with Crippen molar-refractivity contribution in [2.45, 2.75) is 0 Å². The van der Waals surface area contributed by atoms with E-state index in [4.69, 9.17) is 0 Å². The van der Waals surface area contributed by atoms with E-state index in [1.807, 2.05) is 6.07 Å². The highest BCUT2D eigenvalue weighted by Gasteiger charge is 2.15. The first-order chi connectivity index (χ1) is 9.58. The molecule has 2 aromatic carbocycles. The molecule has 0 aliphatic carbocycles. The zero-order chi connectivity index (χ0) is 14.3. The molecule has 0 radical (unpaired) electrons. The third-order valence-electron chi connectivity index (χ3n) is 3.04. The number of rotatable bonds is 1. The van der Waals surface area contributed by atoms with Crippen LogP contribution in [0.15, 0.2) is 51.7 Å². The van der Waals surface area contributed by atoms with Crippen molar-refractivity contribution in [3.05, 3.63) is 68.8 Å². The number of pyridine rings is 1. The number of nitrogens with one attached hydrogen (secondary N) is 1. The zero-order valence-electron chi connectivity index (χ0n) is 10.1. The van der Waals surface area contributed by atoms with E-state index in [1.54, 1.807) is 24.3 Å². The van der Waals surface area contributed by atoms with E-state index in [9.17, 15) is 13.6 Å². The Morgan fingerprint density at radius 1 is 1.05 bits per heavy atom. The molecule has 5 heteroatoms.